The molecule has 0 aliphatic carbocycles. The SMILES string of the molecule is COc1cccc(NC(=O)[C@@H](C)OC(=O)[C@@H](C)NC(=O)c2cccc(C)c2)c1. The van der Waals surface area contributed by atoms with Crippen LogP contribution in [0.5, 0.6) is 5.75 Å². The van der Waals surface area contributed by atoms with Crippen LogP contribution in [0.2, 0.25) is 0 Å². The summed E-state index contributed by atoms with van der Waals surface area (Å²) < 4.78 is 10.3. The van der Waals surface area contributed by atoms with Crippen LogP contribution in [0.15, 0.2) is 48.5 Å². The maximum Gasteiger partial charge on any atom is 0.329 e. The van der Waals surface area contributed by atoms with Crippen LogP contribution in [0.4, 0.5) is 5.69 Å². The van der Waals surface area contributed by atoms with Gasteiger partial charge in [0.1, 0.15) is 11.8 Å². The Bertz CT molecular complexity index is 865. The number of carbonyl (C=O) groups is 3. The molecule has 2 aromatic carbocycles. The van der Waals surface area contributed by atoms with Gasteiger partial charge in [-0.2, -0.15) is 0 Å². The van der Waals surface area contributed by atoms with Crippen molar-refractivity contribution in [3.8, 4) is 5.75 Å². The molecule has 148 valence electrons. The molecule has 2 amide bonds. The summed E-state index contributed by atoms with van der Waals surface area (Å²) in [4.78, 5) is 36.7. The van der Waals surface area contributed by atoms with E-state index in [9.17, 15) is 14.4 Å². The highest BCUT2D eigenvalue weighted by Crippen LogP contribution is 2.17. The van der Waals surface area contributed by atoms with E-state index in [1.165, 1.54) is 21.0 Å². The highest BCUT2D eigenvalue weighted by molar-refractivity contribution is 5.98. The van der Waals surface area contributed by atoms with Crippen LogP contribution in [-0.4, -0.2) is 37.0 Å². The lowest BCUT2D eigenvalue weighted by Crippen LogP contribution is -2.42. The van der Waals surface area contributed by atoms with E-state index in [2.05, 4.69) is 10.6 Å². The number of methoxy groups -OCH3 is 1. The fourth-order valence-electron chi connectivity index (χ4n) is 2.40. The minimum atomic E-state index is -1.03. The van der Waals surface area contributed by atoms with Gasteiger partial charge in [-0.15, -0.1) is 0 Å². The first-order valence-corrected chi connectivity index (χ1v) is 8.83. The van der Waals surface area contributed by atoms with Crippen molar-refractivity contribution in [1.82, 2.24) is 5.32 Å². The molecule has 7 heteroatoms. The van der Waals surface area contributed by atoms with Gasteiger partial charge in [-0.1, -0.05) is 23.8 Å². The molecular weight excluding hydrogens is 360 g/mol. The lowest BCUT2D eigenvalue weighted by atomic mass is 10.1. The van der Waals surface area contributed by atoms with Gasteiger partial charge in [-0.05, 0) is 45.0 Å². The zero-order valence-electron chi connectivity index (χ0n) is 16.3. The third kappa shape index (κ3) is 5.84. The molecule has 0 aliphatic heterocycles. The Morgan fingerprint density at radius 2 is 1.71 bits per heavy atom. The zero-order chi connectivity index (χ0) is 20.7. The quantitative estimate of drug-likeness (QED) is 0.716. The van der Waals surface area contributed by atoms with E-state index in [0.717, 1.165) is 5.56 Å². The van der Waals surface area contributed by atoms with Crippen LogP contribution >= 0.6 is 0 Å². The van der Waals surface area contributed by atoms with Crippen molar-refractivity contribution in [2.45, 2.75) is 32.9 Å². The molecule has 0 fully saturated rings. The van der Waals surface area contributed by atoms with Crippen LogP contribution in [0.25, 0.3) is 0 Å². The molecule has 0 bridgehead atoms. The Balaban J connectivity index is 1.89. The average Bonchev–Trinajstić information content (AvgIpc) is 2.67. The van der Waals surface area contributed by atoms with E-state index < -0.39 is 24.0 Å². The molecule has 0 unspecified atom stereocenters. The van der Waals surface area contributed by atoms with Crippen molar-refractivity contribution in [1.29, 1.82) is 0 Å². The summed E-state index contributed by atoms with van der Waals surface area (Å²) >= 11 is 0. The molecule has 2 aromatic rings. The summed E-state index contributed by atoms with van der Waals surface area (Å²) in [6.07, 6.45) is -1.03. The molecule has 7 nitrogen and oxygen atoms in total. The van der Waals surface area contributed by atoms with Crippen molar-refractivity contribution in [2.24, 2.45) is 0 Å². The third-order valence-electron chi connectivity index (χ3n) is 3.98. The molecule has 2 rings (SSSR count). The molecular formula is C21H24N2O5. The Kier molecular flexibility index (Phi) is 7.14. The lowest BCUT2D eigenvalue weighted by Gasteiger charge is -2.18. The average molecular weight is 384 g/mol. The Morgan fingerprint density at radius 1 is 1.00 bits per heavy atom. The van der Waals surface area contributed by atoms with E-state index in [4.69, 9.17) is 9.47 Å². The van der Waals surface area contributed by atoms with Crippen LogP contribution < -0.4 is 15.4 Å². The number of anilines is 1. The molecule has 2 N–H and O–H groups in total. The van der Waals surface area contributed by atoms with Crippen molar-refractivity contribution in [3.05, 3.63) is 59.7 Å². The summed E-state index contributed by atoms with van der Waals surface area (Å²) in [6, 6.07) is 12.9. The van der Waals surface area contributed by atoms with Gasteiger partial charge in [0.2, 0.25) is 0 Å². The van der Waals surface area contributed by atoms with Crippen LogP contribution in [0, 0.1) is 6.92 Å². The highest BCUT2D eigenvalue weighted by Gasteiger charge is 2.23. The molecule has 0 spiro atoms. The number of hydrogen-bond acceptors (Lipinski definition) is 5. The first kappa shape index (κ1) is 21.0. The van der Waals surface area contributed by atoms with Crippen LogP contribution in [-0.2, 0) is 14.3 Å². The van der Waals surface area contributed by atoms with Gasteiger partial charge in [-0.3, -0.25) is 9.59 Å². The highest BCUT2D eigenvalue weighted by atomic mass is 16.5. The lowest BCUT2D eigenvalue weighted by molar-refractivity contribution is -0.154. The largest absolute Gasteiger partial charge is 0.497 e. The number of carbonyl (C=O) groups excluding carboxylic acids is 3. The molecule has 2 atom stereocenters. The maximum absolute atomic E-state index is 12.2. The summed E-state index contributed by atoms with van der Waals surface area (Å²) in [5, 5.41) is 5.22. The first-order valence-electron chi connectivity index (χ1n) is 8.83. The van der Waals surface area contributed by atoms with Crippen molar-refractivity contribution >= 4 is 23.5 Å². The number of rotatable bonds is 7. The van der Waals surface area contributed by atoms with Crippen LogP contribution in [0.1, 0.15) is 29.8 Å². The number of hydrogen-bond donors (Lipinski definition) is 2. The maximum atomic E-state index is 12.2. The topological polar surface area (TPSA) is 93.7 Å². The molecule has 28 heavy (non-hydrogen) atoms. The summed E-state index contributed by atoms with van der Waals surface area (Å²) in [5.74, 6) is -0.982. The van der Waals surface area contributed by atoms with Crippen molar-refractivity contribution < 1.29 is 23.9 Å². The standard InChI is InChI=1S/C21H24N2O5/c1-13-7-5-8-16(11-13)20(25)22-14(2)21(26)28-15(3)19(24)23-17-9-6-10-18(12-17)27-4/h5-12,14-15H,1-4H3,(H,22,25)(H,23,24)/t14-,15-/m1/s1. The molecule has 0 saturated heterocycles. The van der Waals surface area contributed by atoms with Gasteiger partial charge in [0, 0.05) is 17.3 Å². The van der Waals surface area contributed by atoms with Crippen molar-refractivity contribution in [2.75, 3.05) is 12.4 Å². The zero-order valence-corrected chi connectivity index (χ0v) is 16.3. The number of benzene rings is 2. The van der Waals surface area contributed by atoms with Gasteiger partial charge in [0.15, 0.2) is 6.10 Å². The van der Waals surface area contributed by atoms with Gasteiger partial charge < -0.3 is 20.1 Å². The molecule has 0 aromatic heterocycles. The number of ether oxygens (including phenoxy) is 2. The van der Waals surface area contributed by atoms with Crippen molar-refractivity contribution in [3.63, 3.8) is 0 Å². The van der Waals surface area contributed by atoms with E-state index in [-0.39, 0.29) is 5.91 Å². The third-order valence-corrected chi connectivity index (χ3v) is 3.98. The van der Waals surface area contributed by atoms with E-state index in [0.29, 0.717) is 17.0 Å². The number of amides is 2. The number of nitrogens with one attached hydrogen (secondary N) is 2. The fourth-order valence-corrected chi connectivity index (χ4v) is 2.40. The normalized spacial score (nSPS) is 12.4. The summed E-state index contributed by atoms with van der Waals surface area (Å²) in [6.45, 7) is 4.84. The van der Waals surface area contributed by atoms with Gasteiger partial charge in [0.25, 0.3) is 11.8 Å². The smallest absolute Gasteiger partial charge is 0.329 e. The molecule has 0 saturated carbocycles. The first-order chi connectivity index (χ1) is 13.3. The van der Waals surface area contributed by atoms with E-state index >= 15 is 0 Å². The van der Waals surface area contributed by atoms with Crippen LogP contribution in [0.3, 0.4) is 0 Å². The summed E-state index contributed by atoms with van der Waals surface area (Å²) in [5.41, 5.74) is 1.90. The number of esters is 1. The Morgan fingerprint density at radius 3 is 2.39 bits per heavy atom. The van der Waals surface area contributed by atoms with E-state index in [1.54, 1.807) is 42.5 Å². The second-order valence-electron chi connectivity index (χ2n) is 6.36. The number of aryl methyl sites for hydroxylation is 1. The fraction of sp³-hybridized carbons (Fsp3) is 0.286. The second-order valence-corrected chi connectivity index (χ2v) is 6.36. The Hall–Kier alpha value is -3.35. The predicted molar refractivity (Wildman–Crippen MR) is 105 cm³/mol. The molecule has 0 heterocycles. The van der Waals surface area contributed by atoms with Gasteiger partial charge >= 0.3 is 5.97 Å². The minimum absolute atomic E-state index is 0.387. The van der Waals surface area contributed by atoms with E-state index in [1.807, 2.05) is 13.0 Å². The van der Waals surface area contributed by atoms with Gasteiger partial charge in [0.05, 0.1) is 7.11 Å². The summed E-state index contributed by atoms with van der Waals surface area (Å²) in [7, 11) is 1.53. The molecule has 0 aliphatic rings. The molecule has 0 radical (unpaired) electrons. The monoisotopic (exact) mass is 384 g/mol. The minimum Gasteiger partial charge on any atom is -0.497 e. The van der Waals surface area contributed by atoms with Gasteiger partial charge in [-0.25, -0.2) is 4.79 Å². The predicted octanol–water partition coefficient (Wildman–Crippen LogP) is 2.69. The Labute approximate surface area is 164 Å². The second kappa shape index (κ2) is 9.55.